The fraction of sp³-hybridized carbons (Fsp3) is 0.542. The van der Waals surface area contributed by atoms with Gasteiger partial charge in [0.15, 0.2) is 0 Å². The van der Waals surface area contributed by atoms with Crippen LogP contribution >= 0.6 is 0 Å². The Morgan fingerprint density at radius 3 is 2.42 bits per heavy atom. The molecule has 0 saturated heterocycles. The summed E-state index contributed by atoms with van der Waals surface area (Å²) >= 11 is 0. The molecule has 1 aliphatic heterocycles. The number of fused-ring (bicyclic) bond motifs is 1. The standard InChI is InChI=1S/C24H32N4O5/c1-7-12-32-22(31)28-16-11-9-8-10-15(16)13-17(28)24(14(2)3,20(25)30)18(29)19-26-27-21(33-19)23(4,5)6/h8-11,14,17H,7,12-13H2,1-6H3,(H2,25,30)/t17-,24-/m0/s1. The minimum atomic E-state index is -1.81. The van der Waals surface area contributed by atoms with Crippen molar-refractivity contribution in [3.63, 3.8) is 0 Å². The van der Waals surface area contributed by atoms with Crippen molar-refractivity contribution in [2.45, 2.75) is 65.8 Å². The van der Waals surface area contributed by atoms with Crippen molar-refractivity contribution in [1.29, 1.82) is 0 Å². The monoisotopic (exact) mass is 456 g/mol. The number of benzene rings is 1. The van der Waals surface area contributed by atoms with Crippen molar-refractivity contribution in [1.82, 2.24) is 10.2 Å². The number of ketones is 1. The maximum absolute atomic E-state index is 13.9. The van der Waals surface area contributed by atoms with Crippen LogP contribution in [0.4, 0.5) is 10.5 Å². The topological polar surface area (TPSA) is 129 Å². The van der Waals surface area contributed by atoms with E-state index in [1.807, 2.05) is 39.8 Å². The van der Waals surface area contributed by atoms with E-state index in [9.17, 15) is 14.4 Å². The van der Waals surface area contributed by atoms with Gasteiger partial charge in [0.25, 0.3) is 5.89 Å². The molecule has 178 valence electrons. The van der Waals surface area contributed by atoms with Crippen molar-refractivity contribution in [2.24, 2.45) is 17.1 Å². The van der Waals surface area contributed by atoms with E-state index in [1.165, 1.54) is 4.90 Å². The highest BCUT2D eigenvalue weighted by Crippen LogP contribution is 2.46. The van der Waals surface area contributed by atoms with Crippen molar-refractivity contribution in [3.8, 4) is 0 Å². The Morgan fingerprint density at radius 1 is 1.21 bits per heavy atom. The van der Waals surface area contributed by atoms with Crippen LogP contribution in [0.15, 0.2) is 28.7 Å². The Morgan fingerprint density at radius 2 is 1.88 bits per heavy atom. The minimum absolute atomic E-state index is 0.210. The number of rotatable bonds is 7. The molecule has 3 rings (SSSR count). The first-order valence-corrected chi connectivity index (χ1v) is 11.2. The van der Waals surface area contributed by atoms with Gasteiger partial charge in [-0.2, -0.15) is 0 Å². The van der Waals surface area contributed by atoms with Gasteiger partial charge in [-0.3, -0.25) is 14.5 Å². The molecule has 2 heterocycles. The van der Waals surface area contributed by atoms with E-state index in [1.54, 1.807) is 26.0 Å². The summed E-state index contributed by atoms with van der Waals surface area (Å²) in [5.74, 6) is -2.16. The molecule has 0 aliphatic carbocycles. The number of nitrogens with zero attached hydrogens (tertiary/aromatic N) is 3. The highest BCUT2D eigenvalue weighted by atomic mass is 16.6. The molecule has 1 aromatic heterocycles. The number of para-hydroxylation sites is 1. The molecular weight excluding hydrogens is 424 g/mol. The van der Waals surface area contributed by atoms with Gasteiger partial charge in [-0.15, -0.1) is 10.2 Å². The van der Waals surface area contributed by atoms with Crippen LogP contribution in [0, 0.1) is 11.3 Å². The molecule has 9 heteroatoms. The molecule has 9 nitrogen and oxygen atoms in total. The van der Waals surface area contributed by atoms with Crippen molar-refractivity contribution >= 4 is 23.5 Å². The van der Waals surface area contributed by atoms with Crippen LogP contribution in [0.3, 0.4) is 0 Å². The van der Waals surface area contributed by atoms with Crippen LogP contribution < -0.4 is 10.6 Å². The van der Waals surface area contributed by atoms with E-state index in [4.69, 9.17) is 14.9 Å². The molecule has 2 N–H and O–H groups in total. The first kappa shape index (κ1) is 24.4. The molecule has 0 bridgehead atoms. The van der Waals surface area contributed by atoms with Crippen LogP contribution in [0.25, 0.3) is 0 Å². The lowest BCUT2D eigenvalue weighted by atomic mass is 9.66. The number of carbonyl (C=O) groups excluding carboxylic acids is 3. The summed E-state index contributed by atoms with van der Waals surface area (Å²) in [7, 11) is 0. The largest absolute Gasteiger partial charge is 0.449 e. The number of aromatic nitrogens is 2. The molecule has 2 amide bonds. The molecule has 0 saturated carbocycles. The molecular formula is C24H32N4O5. The van der Waals surface area contributed by atoms with Crippen LogP contribution in [-0.4, -0.2) is 40.6 Å². The summed E-state index contributed by atoms with van der Waals surface area (Å²) in [5, 5.41) is 7.95. The molecule has 2 aromatic rings. The van der Waals surface area contributed by atoms with Crippen LogP contribution in [0.5, 0.6) is 0 Å². The summed E-state index contributed by atoms with van der Waals surface area (Å²) < 4.78 is 11.1. The number of carbonyl (C=O) groups is 3. The minimum Gasteiger partial charge on any atom is -0.449 e. The van der Waals surface area contributed by atoms with Crippen LogP contribution in [-0.2, 0) is 21.4 Å². The number of nitrogens with two attached hydrogens (primary N) is 1. The predicted octanol–water partition coefficient (Wildman–Crippen LogP) is 3.66. The fourth-order valence-electron chi connectivity index (χ4n) is 4.39. The molecule has 1 aromatic carbocycles. The quantitative estimate of drug-likeness (QED) is 0.497. The zero-order valence-electron chi connectivity index (χ0n) is 20.0. The summed E-state index contributed by atoms with van der Waals surface area (Å²) in [6.45, 7) is 11.2. The van der Waals surface area contributed by atoms with E-state index in [0.717, 1.165) is 5.56 Å². The highest BCUT2D eigenvalue weighted by Gasteiger charge is 2.60. The first-order valence-electron chi connectivity index (χ1n) is 11.2. The number of Topliss-reactive ketones (excluding diaryl/α,β-unsaturated/α-hetero) is 1. The summed E-state index contributed by atoms with van der Waals surface area (Å²) in [4.78, 5) is 41.6. The normalized spacial score (nSPS) is 17.5. The molecule has 0 fully saturated rings. The second kappa shape index (κ2) is 8.96. The third-order valence-electron chi connectivity index (χ3n) is 6.08. The average molecular weight is 457 g/mol. The van der Waals surface area contributed by atoms with Gasteiger partial charge in [0, 0.05) is 5.41 Å². The third-order valence-corrected chi connectivity index (χ3v) is 6.08. The predicted molar refractivity (Wildman–Crippen MR) is 122 cm³/mol. The van der Waals surface area contributed by atoms with E-state index < -0.39 is 40.6 Å². The van der Waals surface area contributed by atoms with E-state index in [2.05, 4.69) is 10.2 Å². The number of primary amides is 1. The van der Waals surface area contributed by atoms with Gasteiger partial charge < -0.3 is 14.9 Å². The SMILES string of the molecule is CCCOC(=O)N1c2ccccc2C[C@H]1[C@](C(N)=O)(C(=O)c1nnc(C(C)(C)C)o1)C(C)C. The van der Waals surface area contributed by atoms with Gasteiger partial charge in [-0.1, -0.05) is 59.7 Å². The van der Waals surface area contributed by atoms with Gasteiger partial charge in [-0.25, -0.2) is 4.79 Å². The summed E-state index contributed by atoms with van der Waals surface area (Å²) in [5.41, 5.74) is 5.05. The summed E-state index contributed by atoms with van der Waals surface area (Å²) in [6.07, 6.45) is 0.254. The number of amides is 2. The van der Waals surface area contributed by atoms with Crippen molar-refractivity contribution in [2.75, 3.05) is 11.5 Å². The van der Waals surface area contributed by atoms with Crippen molar-refractivity contribution < 1.29 is 23.5 Å². The zero-order valence-corrected chi connectivity index (χ0v) is 20.0. The number of hydrogen-bond donors (Lipinski definition) is 1. The van der Waals surface area contributed by atoms with Crippen molar-refractivity contribution in [3.05, 3.63) is 41.6 Å². The van der Waals surface area contributed by atoms with Gasteiger partial charge in [0.05, 0.1) is 18.3 Å². The van der Waals surface area contributed by atoms with Gasteiger partial charge >= 0.3 is 6.09 Å². The highest BCUT2D eigenvalue weighted by molar-refractivity contribution is 6.14. The molecule has 0 radical (unpaired) electrons. The van der Waals surface area contributed by atoms with Gasteiger partial charge in [-0.05, 0) is 30.4 Å². The average Bonchev–Trinajstić information content (AvgIpc) is 3.37. The third kappa shape index (κ3) is 4.12. The number of ether oxygens (including phenoxy) is 1. The lowest BCUT2D eigenvalue weighted by Gasteiger charge is -2.41. The molecule has 1 aliphatic rings. The maximum atomic E-state index is 13.9. The fourth-order valence-corrected chi connectivity index (χ4v) is 4.39. The lowest BCUT2D eigenvalue weighted by Crippen LogP contribution is -2.62. The second-order valence-electron chi connectivity index (χ2n) is 9.71. The Hall–Kier alpha value is -3.23. The zero-order chi connectivity index (χ0) is 24.6. The molecule has 0 unspecified atom stereocenters. The Labute approximate surface area is 193 Å². The van der Waals surface area contributed by atoms with Gasteiger partial charge in [0.1, 0.15) is 5.41 Å². The molecule has 33 heavy (non-hydrogen) atoms. The Bertz CT molecular complexity index is 1060. The number of anilines is 1. The Balaban J connectivity index is 2.17. The summed E-state index contributed by atoms with van der Waals surface area (Å²) in [6, 6.07) is 6.35. The maximum Gasteiger partial charge on any atom is 0.414 e. The van der Waals surface area contributed by atoms with Crippen LogP contribution in [0.2, 0.25) is 0 Å². The lowest BCUT2D eigenvalue weighted by molar-refractivity contribution is -0.128. The molecule has 2 atom stereocenters. The van der Waals surface area contributed by atoms with E-state index >= 15 is 0 Å². The van der Waals surface area contributed by atoms with E-state index in [0.29, 0.717) is 12.1 Å². The molecule has 0 spiro atoms. The van der Waals surface area contributed by atoms with Crippen LogP contribution in [0.1, 0.15) is 70.1 Å². The smallest absolute Gasteiger partial charge is 0.414 e. The van der Waals surface area contributed by atoms with E-state index in [-0.39, 0.29) is 24.8 Å². The van der Waals surface area contributed by atoms with Gasteiger partial charge in [0.2, 0.25) is 17.6 Å². The first-order chi connectivity index (χ1) is 15.5. The Kier molecular flexibility index (Phi) is 6.63. The second-order valence-corrected chi connectivity index (χ2v) is 9.71. The number of hydrogen-bond acceptors (Lipinski definition) is 7.